The lowest BCUT2D eigenvalue weighted by Crippen LogP contribution is -2.46. The van der Waals surface area contributed by atoms with E-state index in [-0.39, 0.29) is 5.91 Å². The van der Waals surface area contributed by atoms with Crippen LogP contribution in [0, 0.1) is 5.41 Å². The SMILES string of the molecule is COc1ccc([C@]2(c3ccc(Cl)cc3)C(=O)N(c3cc(Cl)cc(Cl)c3)C(=O)C2(C)C)cc1. The number of hydrogen-bond acceptors (Lipinski definition) is 3. The van der Waals surface area contributed by atoms with Gasteiger partial charge < -0.3 is 4.74 Å². The van der Waals surface area contributed by atoms with Crippen molar-refractivity contribution in [2.24, 2.45) is 5.41 Å². The Balaban J connectivity index is 2.02. The van der Waals surface area contributed by atoms with E-state index in [1.54, 1.807) is 75.6 Å². The molecule has 3 aromatic rings. The first-order valence-corrected chi connectivity index (χ1v) is 11.0. The Bertz CT molecular complexity index is 1190. The zero-order chi connectivity index (χ0) is 23.3. The largest absolute Gasteiger partial charge is 0.497 e. The third-order valence-electron chi connectivity index (χ3n) is 6.10. The molecule has 1 fully saturated rings. The van der Waals surface area contributed by atoms with E-state index < -0.39 is 16.7 Å². The number of carbonyl (C=O) groups excluding carboxylic acids is 2. The van der Waals surface area contributed by atoms with Crippen molar-refractivity contribution in [3.05, 3.63) is 92.9 Å². The molecular formula is C25H20Cl3NO3. The molecule has 4 rings (SSSR count). The molecule has 0 saturated carbocycles. The lowest BCUT2D eigenvalue weighted by Gasteiger charge is -2.38. The van der Waals surface area contributed by atoms with Crippen LogP contribution in [0.3, 0.4) is 0 Å². The fourth-order valence-corrected chi connectivity index (χ4v) is 5.19. The number of methoxy groups -OCH3 is 1. The number of ether oxygens (including phenoxy) is 1. The van der Waals surface area contributed by atoms with Gasteiger partial charge >= 0.3 is 0 Å². The Hall–Kier alpha value is -2.53. The average molecular weight is 489 g/mol. The Kier molecular flexibility index (Phi) is 5.74. The molecule has 32 heavy (non-hydrogen) atoms. The first kappa shape index (κ1) is 22.7. The van der Waals surface area contributed by atoms with E-state index in [1.807, 2.05) is 12.1 Å². The summed E-state index contributed by atoms with van der Waals surface area (Å²) in [4.78, 5) is 29.2. The molecule has 0 N–H and O–H groups in total. The van der Waals surface area contributed by atoms with Crippen LogP contribution in [-0.2, 0) is 15.0 Å². The molecule has 1 aliphatic heterocycles. The minimum Gasteiger partial charge on any atom is -0.497 e. The van der Waals surface area contributed by atoms with Gasteiger partial charge in [0.25, 0.3) is 0 Å². The van der Waals surface area contributed by atoms with Gasteiger partial charge in [-0.3, -0.25) is 9.59 Å². The molecule has 1 atom stereocenters. The quantitative estimate of drug-likeness (QED) is 0.392. The van der Waals surface area contributed by atoms with E-state index in [1.165, 1.54) is 4.90 Å². The van der Waals surface area contributed by atoms with Crippen LogP contribution in [0.2, 0.25) is 15.1 Å². The first-order chi connectivity index (χ1) is 15.1. The molecule has 7 heteroatoms. The predicted molar refractivity (Wildman–Crippen MR) is 128 cm³/mol. The van der Waals surface area contributed by atoms with Crippen LogP contribution in [0.1, 0.15) is 25.0 Å². The van der Waals surface area contributed by atoms with Crippen LogP contribution in [0.4, 0.5) is 5.69 Å². The van der Waals surface area contributed by atoms with Crippen LogP contribution in [0.15, 0.2) is 66.7 Å². The van der Waals surface area contributed by atoms with Crippen LogP contribution in [-0.4, -0.2) is 18.9 Å². The number of imide groups is 1. The maximum absolute atomic E-state index is 14.3. The standard InChI is InChI=1S/C25H20Cl3NO3/c1-24(2)22(30)29(20-13-18(27)12-19(28)14-20)23(31)25(24,15-4-8-17(26)9-5-15)16-6-10-21(32-3)11-7-16/h4-14H,1-3H3/t25-/m1/s1. The van der Waals surface area contributed by atoms with Crippen molar-refractivity contribution < 1.29 is 14.3 Å². The zero-order valence-corrected chi connectivity index (χ0v) is 19.9. The number of halogens is 3. The van der Waals surface area contributed by atoms with Gasteiger partial charge in [0.15, 0.2) is 0 Å². The van der Waals surface area contributed by atoms with E-state index in [9.17, 15) is 9.59 Å². The normalized spacial score (nSPS) is 20.0. The number of anilines is 1. The highest BCUT2D eigenvalue weighted by molar-refractivity contribution is 6.36. The fourth-order valence-electron chi connectivity index (χ4n) is 4.55. The molecule has 0 bridgehead atoms. The maximum Gasteiger partial charge on any atom is 0.249 e. The Labute approximate surface area is 201 Å². The van der Waals surface area contributed by atoms with Gasteiger partial charge in [-0.05, 0) is 67.4 Å². The Morgan fingerprint density at radius 3 is 1.72 bits per heavy atom. The first-order valence-electron chi connectivity index (χ1n) is 9.88. The highest BCUT2D eigenvalue weighted by Crippen LogP contribution is 2.55. The second-order valence-corrected chi connectivity index (χ2v) is 9.49. The number of nitrogens with zero attached hydrogens (tertiary/aromatic N) is 1. The van der Waals surface area contributed by atoms with Crippen molar-refractivity contribution in [1.29, 1.82) is 0 Å². The lowest BCUT2D eigenvalue weighted by molar-refractivity contribution is -0.125. The topological polar surface area (TPSA) is 46.6 Å². The summed E-state index contributed by atoms with van der Waals surface area (Å²) in [5.41, 5.74) is -0.794. The van der Waals surface area contributed by atoms with E-state index in [4.69, 9.17) is 39.5 Å². The minimum atomic E-state index is -1.31. The van der Waals surface area contributed by atoms with Crippen LogP contribution < -0.4 is 9.64 Å². The molecule has 4 nitrogen and oxygen atoms in total. The summed E-state index contributed by atoms with van der Waals surface area (Å²) in [6.07, 6.45) is 0. The number of rotatable bonds is 4. The van der Waals surface area contributed by atoms with Crippen LogP contribution >= 0.6 is 34.8 Å². The second-order valence-electron chi connectivity index (χ2n) is 8.18. The zero-order valence-electron chi connectivity index (χ0n) is 17.7. The molecule has 0 aliphatic carbocycles. The monoisotopic (exact) mass is 487 g/mol. The van der Waals surface area contributed by atoms with E-state index >= 15 is 0 Å². The number of hydrogen-bond donors (Lipinski definition) is 0. The van der Waals surface area contributed by atoms with Gasteiger partial charge in [-0.25, -0.2) is 4.90 Å². The highest BCUT2D eigenvalue weighted by atomic mass is 35.5. The molecule has 1 aliphatic rings. The molecule has 0 radical (unpaired) electrons. The van der Waals surface area contributed by atoms with Crippen LogP contribution in [0.5, 0.6) is 5.75 Å². The van der Waals surface area contributed by atoms with Crippen molar-refractivity contribution in [3.63, 3.8) is 0 Å². The van der Waals surface area contributed by atoms with Crippen molar-refractivity contribution in [3.8, 4) is 5.75 Å². The molecule has 3 aromatic carbocycles. The summed E-state index contributed by atoms with van der Waals surface area (Å²) >= 11 is 18.5. The van der Waals surface area contributed by atoms with Crippen molar-refractivity contribution in [2.45, 2.75) is 19.3 Å². The predicted octanol–water partition coefficient (Wildman–Crippen LogP) is 6.54. The van der Waals surface area contributed by atoms with Crippen molar-refractivity contribution >= 4 is 52.3 Å². The third-order valence-corrected chi connectivity index (χ3v) is 6.79. The van der Waals surface area contributed by atoms with Gasteiger partial charge in [-0.1, -0.05) is 59.1 Å². The molecule has 164 valence electrons. The summed E-state index contributed by atoms with van der Waals surface area (Å²) in [5, 5.41) is 1.20. The summed E-state index contributed by atoms with van der Waals surface area (Å²) in [6, 6.07) is 18.9. The Morgan fingerprint density at radius 2 is 1.22 bits per heavy atom. The van der Waals surface area contributed by atoms with Gasteiger partial charge in [0.2, 0.25) is 11.8 Å². The summed E-state index contributed by atoms with van der Waals surface area (Å²) in [6.45, 7) is 3.55. The summed E-state index contributed by atoms with van der Waals surface area (Å²) < 4.78 is 5.29. The van der Waals surface area contributed by atoms with Gasteiger partial charge in [0, 0.05) is 15.1 Å². The van der Waals surface area contributed by atoms with E-state index in [2.05, 4.69) is 0 Å². The fraction of sp³-hybridized carbons (Fsp3) is 0.200. The molecule has 1 heterocycles. The van der Waals surface area contributed by atoms with Gasteiger partial charge in [-0.2, -0.15) is 0 Å². The van der Waals surface area contributed by atoms with Gasteiger partial charge in [0.05, 0.1) is 18.2 Å². The smallest absolute Gasteiger partial charge is 0.249 e. The third kappa shape index (κ3) is 3.29. The van der Waals surface area contributed by atoms with Gasteiger partial charge in [0.1, 0.15) is 11.2 Å². The highest BCUT2D eigenvalue weighted by Gasteiger charge is 2.66. The summed E-state index contributed by atoms with van der Waals surface area (Å²) in [5.74, 6) is -0.0991. The lowest BCUT2D eigenvalue weighted by atomic mass is 9.59. The molecule has 2 amide bonds. The molecular weight excluding hydrogens is 469 g/mol. The Morgan fingerprint density at radius 1 is 0.719 bits per heavy atom. The van der Waals surface area contributed by atoms with Crippen LogP contribution in [0.25, 0.3) is 0 Å². The minimum absolute atomic E-state index is 0.329. The van der Waals surface area contributed by atoms with E-state index in [0.717, 1.165) is 0 Å². The van der Waals surface area contributed by atoms with Crippen molar-refractivity contribution in [1.82, 2.24) is 0 Å². The number of carbonyl (C=O) groups is 2. The molecule has 0 aromatic heterocycles. The van der Waals surface area contributed by atoms with Crippen molar-refractivity contribution in [2.75, 3.05) is 12.0 Å². The number of benzene rings is 3. The molecule has 1 saturated heterocycles. The van der Waals surface area contributed by atoms with Gasteiger partial charge in [-0.15, -0.1) is 0 Å². The maximum atomic E-state index is 14.3. The molecule has 0 spiro atoms. The number of amides is 2. The molecule has 0 unspecified atom stereocenters. The summed E-state index contributed by atoms with van der Waals surface area (Å²) in [7, 11) is 1.57. The second kappa shape index (κ2) is 8.11. The average Bonchev–Trinajstić information content (AvgIpc) is 2.90. The van der Waals surface area contributed by atoms with E-state index in [0.29, 0.717) is 37.6 Å².